The summed E-state index contributed by atoms with van der Waals surface area (Å²) in [7, 11) is 1.75. The number of benzene rings is 1. The second-order valence-corrected chi connectivity index (χ2v) is 10.5. The Morgan fingerprint density at radius 1 is 1.09 bits per heavy atom. The van der Waals surface area contributed by atoms with Gasteiger partial charge in [0.1, 0.15) is 5.01 Å². The van der Waals surface area contributed by atoms with Crippen LogP contribution in [0.2, 0.25) is 0 Å². The summed E-state index contributed by atoms with van der Waals surface area (Å²) in [6.07, 6.45) is 7.61. The van der Waals surface area contributed by atoms with E-state index in [0.29, 0.717) is 12.1 Å². The Labute approximate surface area is 208 Å². The number of carbonyl (C=O) groups excluding carboxylic acids is 3. The van der Waals surface area contributed by atoms with Crippen LogP contribution in [0.1, 0.15) is 52.4 Å². The molecule has 0 N–H and O–H groups in total. The smallest absolute Gasteiger partial charge is 0.241 e. The van der Waals surface area contributed by atoms with Crippen LogP contribution in [0, 0.1) is 0 Å². The molecule has 2 aromatic heterocycles. The zero-order valence-corrected chi connectivity index (χ0v) is 20.6. The van der Waals surface area contributed by atoms with Gasteiger partial charge in [0.2, 0.25) is 17.7 Å². The lowest BCUT2D eigenvalue weighted by atomic mass is 9.75. The Hall–Kier alpha value is -3.39. The SMILES string of the molecule is CN(Cc1nc2c(s1)CCCC2)C(=O)C[C@@]1(c2ccccc2)CC(=O)N(Cc2ccncc2)C1=O. The largest absolute Gasteiger partial charge is 0.339 e. The molecule has 1 saturated heterocycles. The summed E-state index contributed by atoms with van der Waals surface area (Å²) in [5.41, 5.74) is 1.48. The first-order valence-electron chi connectivity index (χ1n) is 12.0. The Bertz CT molecular complexity index is 1220. The van der Waals surface area contributed by atoms with Crippen LogP contribution in [0.15, 0.2) is 54.9 Å². The fraction of sp³-hybridized carbons (Fsp3) is 0.370. The molecule has 180 valence electrons. The molecule has 35 heavy (non-hydrogen) atoms. The standard InChI is InChI=1S/C27H28N4O3S/c1-30(18-23-29-21-9-5-6-10-22(21)35-23)24(32)15-27(20-7-3-2-4-8-20)16-25(33)31(26(27)34)17-19-11-13-28-14-12-19/h2-4,7-8,11-14H,5-6,9-10,15-18H2,1H3/t27-/m0/s1. The van der Waals surface area contributed by atoms with Gasteiger partial charge in [0.05, 0.1) is 24.2 Å². The van der Waals surface area contributed by atoms with E-state index in [2.05, 4.69) is 4.98 Å². The maximum Gasteiger partial charge on any atom is 0.241 e. The molecule has 7 nitrogen and oxygen atoms in total. The van der Waals surface area contributed by atoms with Gasteiger partial charge < -0.3 is 4.90 Å². The number of thiazole rings is 1. The number of nitrogens with zero attached hydrogens (tertiary/aromatic N) is 4. The van der Waals surface area contributed by atoms with Crippen molar-refractivity contribution in [2.75, 3.05) is 7.05 Å². The molecule has 0 bridgehead atoms. The highest BCUT2D eigenvalue weighted by molar-refractivity contribution is 7.11. The molecule has 0 radical (unpaired) electrons. The summed E-state index contributed by atoms with van der Waals surface area (Å²) >= 11 is 1.68. The monoisotopic (exact) mass is 488 g/mol. The number of aromatic nitrogens is 2. The van der Waals surface area contributed by atoms with Crippen LogP contribution < -0.4 is 0 Å². The predicted molar refractivity (Wildman–Crippen MR) is 132 cm³/mol. The van der Waals surface area contributed by atoms with Crippen molar-refractivity contribution in [3.63, 3.8) is 0 Å². The van der Waals surface area contributed by atoms with E-state index in [-0.39, 0.29) is 37.1 Å². The van der Waals surface area contributed by atoms with Crippen molar-refractivity contribution in [2.45, 2.75) is 57.0 Å². The average molecular weight is 489 g/mol. The van der Waals surface area contributed by atoms with Gasteiger partial charge in [-0.1, -0.05) is 30.3 Å². The van der Waals surface area contributed by atoms with Crippen molar-refractivity contribution in [1.29, 1.82) is 0 Å². The Morgan fingerprint density at radius 3 is 2.57 bits per heavy atom. The molecular formula is C27H28N4O3S. The first kappa shape index (κ1) is 23.4. The number of hydrogen-bond donors (Lipinski definition) is 0. The summed E-state index contributed by atoms with van der Waals surface area (Å²) in [5, 5.41) is 0.926. The molecule has 1 aliphatic heterocycles. The molecule has 1 aliphatic carbocycles. The highest BCUT2D eigenvalue weighted by Crippen LogP contribution is 2.41. The molecule has 5 rings (SSSR count). The fourth-order valence-electron chi connectivity index (χ4n) is 5.01. The summed E-state index contributed by atoms with van der Waals surface area (Å²) in [6, 6.07) is 12.8. The lowest BCUT2D eigenvalue weighted by Gasteiger charge is -2.29. The quantitative estimate of drug-likeness (QED) is 0.474. The molecule has 3 amide bonds. The molecule has 1 aromatic carbocycles. The molecule has 2 aliphatic rings. The van der Waals surface area contributed by atoms with Crippen molar-refractivity contribution in [2.24, 2.45) is 0 Å². The molecule has 8 heteroatoms. The Balaban J connectivity index is 1.38. The van der Waals surface area contributed by atoms with Crippen LogP contribution in [0.25, 0.3) is 0 Å². The fourth-order valence-corrected chi connectivity index (χ4v) is 6.22. The number of likely N-dealkylation sites (tertiary alicyclic amines) is 1. The van der Waals surface area contributed by atoms with Gasteiger partial charge >= 0.3 is 0 Å². The number of aryl methyl sites for hydroxylation is 2. The van der Waals surface area contributed by atoms with Gasteiger partial charge in [-0.2, -0.15) is 0 Å². The van der Waals surface area contributed by atoms with Crippen LogP contribution in [0.5, 0.6) is 0 Å². The van der Waals surface area contributed by atoms with Crippen LogP contribution in [-0.2, 0) is 45.7 Å². The third-order valence-corrected chi connectivity index (χ3v) is 8.11. The van der Waals surface area contributed by atoms with E-state index >= 15 is 0 Å². The van der Waals surface area contributed by atoms with Crippen LogP contribution >= 0.6 is 11.3 Å². The average Bonchev–Trinajstić information content (AvgIpc) is 3.39. The molecule has 1 atom stereocenters. The number of rotatable bonds is 7. The first-order valence-corrected chi connectivity index (χ1v) is 12.8. The topological polar surface area (TPSA) is 83.5 Å². The van der Waals surface area contributed by atoms with E-state index in [9.17, 15) is 14.4 Å². The Kier molecular flexibility index (Phi) is 6.47. The van der Waals surface area contributed by atoms with Crippen molar-refractivity contribution in [3.8, 4) is 0 Å². The van der Waals surface area contributed by atoms with Crippen LogP contribution in [0.4, 0.5) is 0 Å². The molecule has 0 unspecified atom stereocenters. The summed E-state index contributed by atoms with van der Waals surface area (Å²) in [6.45, 7) is 0.577. The molecule has 3 aromatic rings. The second-order valence-electron chi connectivity index (χ2n) is 9.38. The highest BCUT2D eigenvalue weighted by Gasteiger charge is 2.53. The molecule has 3 heterocycles. The van der Waals surface area contributed by atoms with Gasteiger partial charge in [0, 0.05) is 37.2 Å². The van der Waals surface area contributed by atoms with E-state index in [1.165, 1.54) is 21.9 Å². The third-order valence-electron chi connectivity index (χ3n) is 6.97. The Morgan fingerprint density at radius 2 is 1.83 bits per heavy atom. The molecule has 1 fully saturated rings. The number of fused-ring (bicyclic) bond motifs is 1. The minimum Gasteiger partial charge on any atom is -0.339 e. The molecule has 0 saturated carbocycles. The van der Waals surface area contributed by atoms with Crippen LogP contribution in [-0.4, -0.2) is 44.5 Å². The number of hydrogen-bond acceptors (Lipinski definition) is 6. The number of imide groups is 1. The number of amides is 3. The lowest BCUT2D eigenvalue weighted by Crippen LogP contribution is -2.42. The van der Waals surface area contributed by atoms with E-state index < -0.39 is 5.41 Å². The zero-order chi connectivity index (χ0) is 24.4. The van der Waals surface area contributed by atoms with Crippen molar-refractivity contribution in [3.05, 3.63) is 81.6 Å². The number of carbonyl (C=O) groups is 3. The number of pyridine rings is 1. The summed E-state index contributed by atoms with van der Waals surface area (Å²) < 4.78 is 0. The maximum atomic E-state index is 13.8. The highest BCUT2D eigenvalue weighted by atomic mass is 32.1. The molecular weight excluding hydrogens is 460 g/mol. The van der Waals surface area contributed by atoms with Gasteiger partial charge in [-0.3, -0.25) is 24.3 Å². The van der Waals surface area contributed by atoms with Crippen molar-refractivity contribution in [1.82, 2.24) is 19.8 Å². The van der Waals surface area contributed by atoms with E-state index in [1.807, 2.05) is 30.3 Å². The maximum absolute atomic E-state index is 13.8. The first-order chi connectivity index (χ1) is 17.0. The summed E-state index contributed by atoms with van der Waals surface area (Å²) in [5.74, 6) is -0.760. The van der Waals surface area contributed by atoms with Gasteiger partial charge in [0.25, 0.3) is 0 Å². The van der Waals surface area contributed by atoms with E-state index in [4.69, 9.17) is 4.98 Å². The molecule has 0 spiro atoms. The second kappa shape index (κ2) is 9.70. The van der Waals surface area contributed by atoms with Crippen molar-refractivity contribution >= 4 is 29.1 Å². The lowest BCUT2D eigenvalue weighted by molar-refractivity contribution is -0.143. The van der Waals surface area contributed by atoms with E-state index in [0.717, 1.165) is 29.8 Å². The minimum absolute atomic E-state index is 0.0218. The van der Waals surface area contributed by atoms with Gasteiger partial charge in [-0.05, 0) is 48.9 Å². The third kappa shape index (κ3) is 4.62. The van der Waals surface area contributed by atoms with E-state index in [1.54, 1.807) is 47.8 Å². The van der Waals surface area contributed by atoms with Crippen LogP contribution in [0.3, 0.4) is 0 Å². The zero-order valence-electron chi connectivity index (χ0n) is 19.8. The normalized spacial score (nSPS) is 19.6. The minimum atomic E-state index is -1.21. The van der Waals surface area contributed by atoms with Gasteiger partial charge in [-0.25, -0.2) is 4.98 Å². The predicted octanol–water partition coefficient (Wildman–Crippen LogP) is 3.66. The summed E-state index contributed by atoms with van der Waals surface area (Å²) in [4.78, 5) is 53.4. The van der Waals surface area contributed by atoms with Gasteiger partial charge in [-0.15, -0.1) is 11.3 Å². The van der Waals surface area contributed by atoms with Gasteiger partial charge in [0.15, 0.2) is 0 Å². The van der Waals surface area contributed by atoms with Crippen molar-refractivity contribution < 1.29 is 14.4 Å².